The number of hydrogen-bond donors (Lipinski definition) is 2. The lowest BCUT2D eigenvalue weighted by Gasteiger charge is -2.20. The maximum Gasteiger partial charge on any atom is 0.424 e. The van der Waals surface area contributed by atoms with Crippen LogP contribution in [-0.4, -0.2) is 23.2 Å². The van der Waals surface area contributed by atoms with E-state index in [-0.39, 0.29) is 0 Å². The molecule has 2 rings (SSSR count). The Morgan fingerprint density at radius 3 is 2.88 bits per heavy atom. The van der Waals surface area contributed by atoms with Gasteiger partial charge in [-0.1, -0.05) is 12.1 Å². The Hall–Kier alpha value is -1.95. The third-order valence-electron chi connectivity index (χ3n) is 2.32. The molecule has 1 aliphatic heterocycles. The van der Waals surface area contributed by atoms with Crippen molar-refractivity contribution in [1.82, 2.24) is 5.43 Å². The molecular weight excluding hydrogens is 248 g/mol. The van der Waals surface area contributed by atoms with Gasteiger partial charge in [0.05, 0.1) is 6.61 Å². The van der Waals surface area contributed by atoms with Crippen molar-refractivity contribution >= 4 is 28.7 Å². The predicted molar refractivity (Wildman–Crippen MR) is 60.5 cm³/mol. The Bertz CT molecular complexity index is 477. The lowest BCUT2D eigenvalue weighted by molar-refractivity contribution is 0.193. The average Bonchev–Trinajstić information content (AvgIpc) is 2.73. The Balaban J connectivity index is 2.40. The van der Waals surface area contributed by atoms with Gasteiger partial charge in [0.2, 0.25) is 0 Å². The van der Waals surface area contributed by atoms with Crippen LogP contribution in [0, 0.1) is 0 Å². The Morgan fingerprint density at radius 1 is 1.47 bits per heavy atom. The fourth-order valence-electron chi connectivity index (χ4n) is 1.67. The van der Waals surface area contributed by atoms with Crippen LogP contribution < -0.4 is 15.2 Å². The van der Waals surface area contributed by atoms with E-state index in [1.165, 1.54) is 0 Å². The van der Waals surface area contributed by atoms with Crippen molar-refractivity contribution in [2.75, 3.05) is 11.6 Å². The third-order valence-corrected chi connectivity index (χ3v) is 2.49. The number of rotatable bonds is 1. The Labute approximate surface area is 102 Å². The fraction of sp³-hybridized carbons (Fsp3) is 0.200. The number of fused-ring (bicyclic) bond motifs is 1. The second-order valence-corrected chi connectivity index (χ2v) is 3.69. The van der Waals surface area contributed by atoms with E-state index in [1.807, 2.05) is 11.5 Å². The SMILES string of the molecule is O=C(O)NN(C(=O)Cl)c1cccc2c1OCC2. The minimum absolute atomic E-state index is 0.294. The van der Waals surface area contributed by atoms with Crippen molar-refractivity contribution in [1.29, 1.82) is 0 Å². The summed E-state index contributed by atoms with van der Waals surface area (Å²) < 4.78 is 5.36. The number of carbonyl (C=O) groups is 2. The summed E-state index contributed by atoms with van der Waals surface area (Å²) >= 11 is 5.33. The molecule has 0 saturated heterocycles. The smallest absolute Gasteiger partial charge is 0.424 e. The largest absolute Gasteiger partial charge is 0.491 e. The van der Waals surface area contributed by atoms with Crippen molar-refractivity contribution < 1.29 is 19.4 Å². The standard InChI is InChI=1S/C10H9ClN2O4/c11-9(14)13(12-10(15)16)7-3-1-2-6-4-5-17-8(6)7/h1-3,12H,4-5H2,(H,15,16). The molecule has 1 heterocycles. The number of hydrazine groups is 1. The highest BCUT2D eigenvalue weighted by atomic mass is 35.5. The molecule has 0 aromatic heterocycles. The zero-order chi connectivity index (χ0) is 12.4. The van der Waals surface area contributed by atoms with Gasteiger partial charge in [0.1, 0.15) is 11.4 Å². The zero-order valence-corrected chi connectivity index (χ0v) is 9.40. The van der Waals surface area contributed by atoms with Crippen molar-refractivity contribution in [3.05, 3.63) is 23.8 Å². The molecule has 2 N–H and O–H groups in total. The molecule has 1 aliphatic rings. The number of anilines is 1. The van der Waals surface area contributed by atoms with Crippen LogP contribution in [0.5, 0.6) is 5.75 Å². The molecule has 0 bridgehead atoms. The molecule has 2 amide bonds. The van der Waals surface area contributed by atoms with Crippen molar-refractivity contribution in [2.24, 2.45) is 0 Å². The van der Waals surface area contributed by atoms with Crippen molar-refractivity contribution in [3.8, 4) is 5.75 Å². The minimum Gasteiger partial charge on any atom is -0.491 e. The molecule has 0 saturated carbocycles. The fourth-order valence-corrected chi connectivity index (χ4v) is 1.80. The summed E-state index contributed by atoms with van der Waals surface area (Å²) in [5, 5.41) is 8.42. The number of nitrogens with one attached hydrogen (secondary N) is 1. The molecule has 90 valence electrons. The molecule has 6 nitrogen and oxygen atoms in total. The summed E-state index contributed by atoms with van der Waals surface area (Å²) in [7, 11) is 0. The van der Waals surface area contributed by atoms with Gasteiger partial charge in [-0.25, -0.2) is 15.2 Å². The first-order valence-corrected chi connectivity index (χ1v) is 5.21. The molecule has 17 heavy (non-hydrogen) atoms. The summed E-state index contributed by atoms with van der Waals surface area (Å²) in [6.07, 6.45) is -0.657. The number of ether oxygens (including phenoxy) is 1. The van der Waals surface area contributed by atoms with Gasteiger partial charge in [0.25, 0.3) is 0 Å². The quantitative estimate of drug-likeness (QED) is 0.457. The molecular formula is C10H9ClN2O4. The van der Waals surface area contributed by atoms with Crippen LogP contribution in [0.3, 0.4) is 0 Å². The number of carboxylic acid groups (broad SMARTS) is 1. The maximum absolute atomic E-state index is 11.2. The van der Waals surface area contributed by atoms with E-state index >= 15 is 0 Å². The van der Waals surface area contributed by atoms with Crippen LogP contribution >= 0.6 is 11.6 Å². The number of carbonyl (C=O) groups excluding carboxylic acids is 1. The molecule has 0 radical (unpaired) electrons. The summed E-state index contributed by atoms with van der Waals surface area (Å²) in [4.78, 5) is 21.8. The maximum atomic E-state index is 11.2. The molecule has 0 atom stereocenters. The number of benzene rings is 1. The van der Waals surface area contributed by atoms with Gasteiger partial charge in [-0.2, -0.15) is 0 Å². The first-order chi connectivity index (χ1) is 8.09. The van der Waals surface area contributed by atoms with Gasteiger partial charge < -0.3 is 9.84 Å². The summed E-state index contributed by atoms with van der Waals surface area (Å²) in [6, 6.07) is 5.11. The van der Waals surface area contributed by atoms with Crippen LogP contribution in [-0.2, 0) is 6.42 Å². The van der Waals surface area contributed by atoms with Gasteiger partial charge in [-0.3, -0.25) is 4.79 Å². The predicted octanol–water partition coefficient (Wildman–Crippen LogP) is 1.97. The van der Waals surface area contributed by atoms with Gasteiger partial charge >= 0.3 is 11.5 Å². The highest BCUT2D eigenvalue weighted by molar-refractivity contribution is 6.66. The van der Waals surface area contributed by atoms with E-state index in [1.54, 1.807) is 12.1 Å². The van der Waals surface area contributed by atoms with Gasteiger partial charge in [-0.15, -0.1) is 0 Å². The molecule has 0 spiro atoms. The second-order valence-electron chi connectivity index (χ2n) is 3.37. The molecule has 1 aromatic carbocycles. The third kappa shape index (κ3) is 2.26. The van der Waals surface area contributed by atoms with Crippen molar-refractivity contribution in [2.45, 2.75) is 6.42 Å². The number of hydrogen-bond acceptors (Lipinski definition) is 3. The van der Waals surface area contributed by atoms with E-state index in [9.17, 15) is 9.59 Å². The normalized spacial score (nSPS) is 12.5. The zero-order valence-electron chi connectivity index (χ0n) is 8.64. The lowest BCUT2D eigenvalue weighted by Crippen LogP contribution is -2.43. The van der Waals surface area contributed by atoms with E-state index in [0.717, 1.165) is 17.0 Å². The molecule has 0 fully saturated rings. The number of nitrogens with zero attached hydrogens (tertiary/aromatic N) is 1. The average molecular weight is 257 g/mol. The van der Waals surface area contributed by atoms with E-state index < -0.39 is 11.5 Å². The monoisotopic (exact) mass is 256 g/mol. The first kappa shape index (κ1) is 11.5. The van der Waals surface area contributed by atoms with E-state index in [4.69, 9.17) is 21.4 Å². The Morgan fingerprint density at radius 2 is 2.24 bits per heavy atom. The highest BCUT2D eigenvalue weighted by Crippen LogP contribution is 2.35. The lowest BCUT2D eigenvalue weighted by atomic mass is 10.1. The molecule has 0 unspecified atom stereocenters. The molecule has 1 aromatic rings. The van der Waals surface area contributed by atoms with Crippen molar-refractivity contribution in [3.63, 3.8) is 0 Å². The Kier molecular flexibility index (Phi) is 3.06. The van der Waals surface area contributed by atoms with Crippen LogP contribution in [0.15, 0.2) is 18.2 Å². The number of halogens is 1. The van der Waals surface area contributed by atoms with Gasteiger partial charge in [0.15, 0.2) is 0 Å². The second kappa shape index (κ2) is 4.50. The first-order valence-electron chi connectivity index (χ1n) is 4.83. The molecule has 7 heteroatoms. The summed E-state index contributed by atoms with van der Waals surface area (Å²) in [6.45, 7) is 0.504. The van der Waals surface area contributed by atoms with Crippen LogP contribution in [0.1, 0.15) is 5.56 Å². The topological polar surface area (TPSA) is 78.9 Å². The van der Waals surface area contributed by atoms with Crippen LogP contribution in [0.25, 0.3) is 0 Å². The van der Waals surface area contributed by atoms with Crippen LogP contribution in [0.4, 0.5) is 15.3 Å². The van der Waals surface area contributed by atoms with Crippen LogP contribution in [0.2, 0.25) is 0 Å². The van der Waals surface area contributed by atoms with Gasteiger partial charge in [0, 0.05) is 6.42 Å². The minimum atomic E-state index is -1.38. The van der Waals surface area contributed by atoms with Gasteiger partial charge in [-0.05, 0) is 23.2 Å². The molecule has 0 aliphatic carbocycles. The summed E-state index contributed by atoms with van der Waals surface area (Å²) in [5.41, 5.74) is 3.12. The number of amides is 2. The van der Waals surface area contributed by atoms with E-state index in [0.29, 0.717) is 18.0 Å². The number of para-hydroxylation sites is 1. The van der Waals surface area contributed by atoms with E-state index in [2.05, 4.69) is 0 Å². The summed E-state index contributed by atoms with van der Waals surface area (Å²) in [5.74, 6) is 0.482. The highest BCUT2D eigenvalue weighted by Gasteiger charge is 2.24.